The number of carbonyl (C=O) groups excluding carboxylic acids is 1. The van der Waals surface area contributed by atoms with E-state index in [1.807, 2.05) is 6.07 Å². The number of morpholine rings is 1. The minimum absolute atomic E-state index is 0.0805. The van der Waals surface area contributed by atoms with E-state index < -0.39 is 0 Å². The lowest BCUT2D eigenvalue weighted by molar-refractivity contribution is 0.0341. The van der Waals surface area contributed by atoms with E-state index in [2.05, 4.69) is 47.6 Å². The normalized spacial score (nSPS) is 15.5. The third-order valence-electron chi connectivity index (χ3n) is 4.76. The zero-order valence-corrected chi connectivity index (χ0v) is 15.0. The van der Waals surface area contributed by atoms with Crippen molar-refractivity contribution in [3.05, 3.63) is 35.4 Å². The van der Waals surface area contributed by atoms with Gasteiger partial charge in [0.15, 0.2) is 0 Å². The van der Waals surface area contributed by atoms with Gasteiger partial charge < -0.3 is 15.4 Å². The number of hydrogen-bond acceptors (Lipinski definition) is 3. The Balaban J connectivity index is 1.82. The first-order valence-electron chi connectivity index (χ1n) is 9.11. The van der Waals surface area contributed by atoms with Crippen LogP contribution in [-0.4, -0.2) is 43.8 Å². The second kappa shape index (κ2) is 10.3. The Kier molecular flexibility index (Phi) is 8.05. The second-order valence-corrected chi connectivity index (χ2v) is 6.40. The molecule has 1 aliphatic heterocycles. The van der Waals surface area contributed by atoms with Crippen LogP contribution < -0.4 is 10.6 Å². The summed E-state index contributed by atoms with van der Waals surface area (Å²) in [6, 6.07) is 8.25. The highest BCUT2D eigenvalue weighted by Gasteiger charge is 2.13. The molecule has 24 heavy (non-hydrogen) atoms. The monoisotopic (exact) mass is 333 g/mol. The molecular formula is C19H31N3O2. The Morgan fingerprint density at radius 2 is 1.79 bits per heavy atom. The van der Waals surface area contributed by atoms with Crippen molar-refractivity contribution < 1.29 is 9.53 Å². The highest BCUT2D eigenvalue weighted by Crippen LogP contribution is 2.13. The number of rotatable bonds is 8. The van der Waals surface area contributed by atoms with E-state index in [-0.39, 0.29) is 6.03 Å². The first-order chi connectivity index (χ1) is 11.7. The number of nitrogens with one attached hydrogen (secondary N) is 2. The molecule has 0 atom stereocenters. The van der Waals surface area contributed by atoms with Crippen molar-refractivity contribution in [2.24, 2.45) is 5.92 Å². The molecule has 1 aromatic rings. The quantitative estimate of drug-likeness (QED) is 0.769. The molecule has 1 aromatic carbocycles. The van der Waals surface area contributed by atoms with Gasteiger partial charge in [0.25, 0.3) is 0 Å². The molecule has 1 saturated heterocycles. The van der Waals surface area contributed by atoms with E-state index >= 15 is 0 Å². The zero-order chi connectivity index (χ0) is 17.2. The van der Waals surface area contributed by atoms with Crippen molar-refractivity contribution >= 4 is 6.03 Å². The third-order valence-corrected chi connectivity index (χ3v) is 4.76. The molecule has 5 nitrogen and oxygen atoms in total. The highest BCUT2D eigenvalue weighted by molar-refractivity contribution is 5.73. The summed E-state index contributed by atoms with van der Waals surface area (Å²) in [4.78, 5) is 14.4. The SMILES string of the molecule is CCC(CC)CNC(=O)NCc1ccccc1CN1CCOCC1. The molecular weight excluding hydrogens is 302 g/mol. The molecule has 1 heterocycles. The molecule has 0 aromatic heterocycles. The van der Waals surface area contributed by atoms with Crippen LogP contribution >= 0.6 is 0 Å². The molecule has 1 fully saturated rings. The summed E-state index contributed by atoms with van der Waals surface area (Å²) in [6.07, 6.45) is 2.19. The Morgan fingerprint density at radius 1 is 1.12 bits per heavy atom. The van der Waals surface area contributed by atoms with Crippen LogP contribution in [0.2, 0.25) is 0 Å². The van der Waals surface area contributed by atoms with Crippen LogP contribution in [0.3, 0.4) is 0 Å². The summed E-state index contributed by atoms with van der Waals surface area (Å²) >= 11 is 0. The number of ether oxygens (including phenoxy) is 1. The lowest BCUT2D eigenvalue weighted by atomic mass is 10.0. The van der Waals surface area contributed by atoms with Gasteiger partial charge >= 0.3 is 6.03 Å². The maximum Gasteiger partial charge on any atom is 0.315 e. The summed E-state index contributed by atoms with van der Waals surface area (Å²) < 4.78 is 5.40. The van der Waals surface area contributed by atoms with Gasteiger partial charge in [-0.25, -0.2) is 4.79 Å². The molecule has 1 aliphatic rings. The number of amides is 2. The first-order valence-corrected chi connectivity index (χ1v) is 9.11. The average molecular weight is 333 g/mol. The number of carbonyl (C=O) groups is 1. The molecule has 0 radical (unpaired) electrons. The lowest BCUT2D eigenvalue weighted by Crippen LogP contribution is -2.38. The molecule has 0 spiro atoms. The minimum atomic E-state index is -0.0805. The summed E-state index contributed by atoms with van der Waals surface area (Å²) in [7, 11) is 0. The van der Waals surface area contributed by atoms with Crippen LogP contribution in [0.5, 0.6) is 0 Å². The van der Waals surface area contributed by atoms with Gasteiger partial charge in [0.1, 0.15) is 0 Å². The van der Waals surface area contributed by atoms with Gasteiger partial charge in [0.05, 0.1) is 13.2 Å². The zero-order valence-electron chi connectivity index (χ0n) is 15.0. The number of nitrogens with zero attached hydrogens (tertiary/aromatic N) is 1. The Bertz CT molecular complexity index is 497. The van der Waals surface area contributed by atoms with E-state index in [9.17, 15) is 4.79 Å². The maximum atomic E-state index is 12.0. The second-order valence-electron chi connectivity index (χ2n) is 6.40. The Labute approximate surface area is 145 Å². The van der Waals surface area contributed by atoms with Gasteiger partial charge in [-0.05, 0) is 17.0 Å². The predicted molar refractivity (Wildman–Crippen MR) is 96.8 cm³/mol. The predicted octanol–water partition coefficient (Wildman–Crippen LogP) is 2.75. The third kappa shape index (κ3) is 6.13. The molecule has 2 amide bonds. The molecule has 0 unspecified atom stereocenters. The van der Waals surface area contributed by atoms with Crippen molar-refractivity contribution in [1.82, 2.24) is 15.5 Å². The van der Waals surface area contributed by atoms with Crippen LogP contribution in [0.25, 0.3) is 0 Å². The summed E-state index contributed by atoms with van der Waals surface area (Å²) in [6.45, 7) is 10.1. The molecule has 2 rings (SSSR count). The van der Waals surface area contributed by atoms with Crippen molar-refractivity contribution in [2.75, 3.05) is 32.8 Å². The standard InChI is InChI=1S/C19H31N3O2/c1-3-16(4-2)13-20-19(23)21-14-17-7-5-6-8-18(17)15-22-9-11-24-12-10-22/h5-8,16H,3-4,9-15H2,1-2H3,(H2,20,21,23). The molecule has 0 bridgehead atoms. The van der Waals surface area contributed by atoms with E-state index in [4.69, 9.17) is 4.74 Å². The van der Waals surface area contributed by atoms with Crippen LogP contribution in [0.15, 0.2) is 24.3 Å². The number of benzene rings is 1. The van der Waals surface area contributed by atoms with E-state index in [1.54, 1.807) is 0 Å². The molecule has 0 saturated carbocycles. The van der Waals surface area contributed by atoms with E-state index in [0.29, 0.717) is 12.5 Å². The van der Waals surface area contributed by atoms with Crippen molar-refractivity contribution in [1.29, 1.82) is 0 Å². The molecule has 2 N–H and O–H groups in total. The molecule has 5 heteroatoms. The summed E-state index contributed by atoms with van der Waals surface area (Å²) in [5, 5.41) is 5.97. The van der Waals surface area contributed by atoms with Gasteiger partial charge in [-0.15, -0.1) is 0 Å². The van der Waals surface area contributed by atoms with Crippen molar-refractivity contribution in [3.8, 4) is 0 Å². The van der Waals surface area contributed by atoms with Gasteiger partial charge in [-0.1, -0.05) is 51.0 Å². The fourth-order valence-corrected chi connectivity index (χ4v) is 2.94. The van der Waals surface area contributed by atoms with Crippen LogP contribution in [0.1, 0.15) is 37.8 Å². The van der Waals surface area contributed by atoms with Gasteiger partial charge in [0.2, 0.25) is 0 Å². The van der Waals surface area contributed by atoms with Gasteiger partial charge in [-0.2, -0.15) is 0 Å². The topological polar surface area (TPSA) is 53.6 Å². The van der Waals surface area contributed by atoms with Gasteiger partial charge in [0, 0.05) is 32.7 Å². The fourth-order valence-electron chi connectivity index (χ4n) is 2.94. The number of urea groups is 1. The van der Waals surface area contributed by atoms with E-state index in [0.717, 1.165) is 52.2 Å². The van der Waals surface area contributed by atoms with Crippen LogP contribution in [0.4, 0.5) is 4.79 Å². The Morgan fingerprint density at radius 3 is 2.46 bits per heavy atom. The maximum absolute atomic E-state index is 12.0. The molecule has 134 valence electrons. The molecule has 0 aliphatic carbocycles. The first kappa shape index (κ1) is 18.7. The highest BCUT2D eigenvalue weighted by atomic mass is 16.5. The largest absolute Gasteiger partial charge is 0.379 e. The summed E-state index contributed by atoms with van der Waals surface area (Å²) in [5.74, 6) is 0.560. The fraction of sp³-hybridized carbons (Fsp3) is 0.632. The smallest absolute Gasteiger partial charge is 0.315 e. The minimum Gasteiger partial charge on any atom is -0.379 e. The lowest BCUT2D eigenvalue weighted by Gasteiger charge is -2.27. The van der Waals surface area contributed by atoms with Crippen LogP contribution in [-0.2, 0) is 17.8 Å². The average Bonchev–Trinajstić information content (AvgIpc) is 2.63. The van der Waals surface area contributed by atoms with Crippen molar-refractivity contribution in [2.45, 2.75) is 39.8 Å². The Hall–Kier alpha value is -1.59. The number of hydrogen-bond donors (Lipinski definition) is 2. The van der Waals surface area contributed by atoms with Crippen LogP contribution in [0, 0.1) is 5.92 Å². The van der Waals surface area contributed by atoms with E-state index in [1.165, 1.54) is 11.1 Å². The van der Waals surface area contributed by atoms with Gasteiger partial charge in [-0.3, -0.25) is 4.90 Å². The van der Waals surface area contributed by atoms with Crippen molar-refractivity contribution in [3.63, 3.8) is 0 Å². The summed E-state index contributed by atoms with van der Waals surface area (Å²) in [5.41, 5.74) is 2.46.